The zero-order valence-electron chi connectivity index (χ0n) is 12.6. The van der Waals surface area contributed by atoms with E-state index >= 15 is 0 Å². The second-order valence-corrected chi connectivity index (χ2v) is 6.56. The van der Waals surface area contributed by atoms with E-state index in [1.807, 2.05) is 18.7 Å². The van der Waals surface area contributed by atoms with Gasteiger partial charge in [0.1, 0.15) is 11.5 Å². The Kier molecular flexibility index (Phi) is 5.39. The van der Waals surface area contributed by atoms with Crippen molar-refractivity contribution in [1.29, 1.82) is 0 Å². The first kappa shape index (κ1) is 16.0. The van der Waals surface area contributed by atoms with E-state index in [4.69, 9.17) is 5.73 Å². The van der Waals surface area contributed by atoms with Gasteiger partial charge in [-0.1, -0.05) is 19.8 Å². The minimum atomic E-state index is -0.427. The first-order valence-electron chi connectivity index (χ1n) is 7.50. The van der Waals surface area contributed by atoms with Crippen LogP contribution >= 0.6 is 11.8 Å². The number of hydrogen-bond acceptors (Lipinski definition) is 5. The molecule has 2 rings (SSSR count). The Hall–Kier alpha value is -1.37. The van der Waals surface area contributed by atoms with Gasteiger partial charge in [0.15, 0.2) is 0 Å². The average molecular weight is 312 g/mol. The number of unbranched alkanes of at least 4 members (excludes halogenated alkanes) is 1. The Morgan fingerprint density at radius 2 is 2.19 bits per heavy atom. The first-order valence-corrected chi connectivity index (χ1v) is 8.79. The van der Waals surface area contributed by atoms with Gasteiger partial charge in [-0.25, -0.2) is 4.79 Å². The maximum absolute atomic E-state index is 12.1. The van der Waals surface area contributed by atoms with E-state index in [2.05, 4.69) is 16.6 Å². The van der Waals surface area contributed by atoms with Crippen molar-refractivity contribution in [3.05, 3.63) is 20.8 Å². The summed E-state index contributed by atoms with van der Waals surface area (Å²) < 4.78 is 1.45. The molecule has 118 valence electrons. The SMILES string of the molecule is CCCCn1c(N)c(NC2CCCC2SC)c(=O)[nH]c1=O. The van der Waals surface area contributed by atoms with Gasteiger partial charge in [-0.15, -0.1) is 0 Å². The number of hydrogen-bond donors (Lipinski definition) is 3. The fraction of sp³-hybridized carbons (Fsp3) is 0.714. The molecule has 7 heteroatoms. The number of anilines is 2. The van der Waals surface area contributed by atoms with Crippen LogP contribution in [0.5, 0.6) is 0 Å². The first-order chi connectivity index (χ1) is 10.1. The molecule has 6 nitrogen and oxygen atoms in total. The van der Waals surface area contributed by atoms with Gasteiger partial charge in [0.25, 0.3) is 5.56 Å². The summed E-state index contributed by atoms with van der Waals surface area (Å²) >= 11 is 1.81. The van der Waals surface area contributed by atoms with Crippen LogP contribution in [0.2, 0.25) is 0 Å². The Morgan fingerprint density at radius 3 is 2.86 bits per heavy atom. The van der Waals surface area contributed by atoms with Crippen molar-refractivity contribution >= 4 is 23.3 Å². The number of aromatic nitrogens is 2. The molecule has 0 amide bonds. The molecule has 2 unspecified atom stereocenters. The minimum absolute atomic E-state index is 0.237. The third-order valence-electron chi connectivity index (χ3n) is 4.06. The zero-order chi connectivity index (χ0) is 15.4. The molecule has 1 saturated carbocycles. The highest BCUT2D eigenvalue weighted by Crippen LogP contribution is 2.31. The predicted octanol–water partition coefficient (Wildman–Crippen LogP) is 1.61. The lowest BCUT2D eigenvalue weighted by atomic mass is 10.2. The molecule has 4 N–H and O–H groups in total. The molecule has 0 radical (unpaired) electrons. The number of aromatic amines is 1. The molecule has 1 heterocycles. The number of nitrogen functional groups attached to an aromatic ring is 1. The van der Waals surface area contributed by atoms with Crippen LogP contribution in [-0.2, 0) is 6.54 Å². The fourth-order valence-corrected chi connectivity index (χ4v) is 3.76. The summed E-state index contributed by atoms with van der Waals surface area (Å²) in [5, 5.41) is 3.76. The quantitative estimate of drug-likeness (QED) is 0.742. The van der Waals surface area contributed by atoms with Crippen LogP contribution in [0.1, 0.15) is 39.0 Å². The molecule has 0 aliphatic heterocycles. The Morgan fingerprint density at radius 1 is 1.43 bits per heavy atom. The Balaban J connectivity index is 2.30. The molecule has 0 bridgehead atoms. The minimum Gasteiger partial charge on any atom is -0.383 e. The van der Waals surface area contributed by atoms with Gasteiger partial charge >= 0.3 is 5.69 Å². The van der Waals surface area contributed by atoms with Crippen molar-refractivity contribution in [1.82, 2.24) is 9.55 Å². The lowest BCUT2D eigenvalue weighted by molar-refractivity contribution is 0.604. The number of nitrogens with zero attached hydrogens (tertiary/aromatic N) is 1. The maximum Gasteiger partial charge on any atom is 0.330 e. The van der Waals surface area contributed by atoms with Crippen molar-refractivity contribution in [2.45, 2.75) is 56.9 Å². The van der Waals surface area contributed by atoms with E-state index in [0.717, 1.165) is 32.1 Å². The highest BCUT2D eigenvalue weighted by atomic mass is 32.2. The Bertz CT molecular complexity index is 596. The topological polar surface area (TPSA) is 92.9 Å². The summed E-state index contributed by atoms with van der Waals surface area (Å²) in [5.74, 6) is 0.254. The molecule has 2 atom stereocenters. The van der Waals surface area contributed by atoms with Gasteiger partial charge in [0, 0.05) is 17.8 Å². The second-order valence-electron chi connectivity index (χ2n) is 5.48. The third kappa shape index (κ3) is 3.45. The summed E-state index contributed by atoms with van der Waals surface area (Å²) in [4.78, 5) is 26.3. The lowest BCUT2D eigenvalue weighted by Gasteiger charge is -2.21. The average Bonchev–Trinajstić information content (AvgIpc) is 2.90. The molecule has 0 aromatic carbocycles. The summed E-state index contributed by atoms with van der Waals surface area (Å²) in [7, 11) is 0. The largest absolute Gasteiger partial charge is 0.383 e. The Labute approximate surface area is 128 Å². The standard InChI is InChI=1S/C14H24N4O2S/c1-3-4-8-18-12(15)11(13(19)17-14(18)20)16-9-6-5-7-10(9)21-2/h9-10,16H,3-8,15H2,1-2H3,(H,17,19,20). The summed E-state index contributed by atoms with van der Waals surface area (Å²) in [6.07, 6.45) is 7.22. The number of thioether (sulfide) groups is 1. The molecule has 1 aliphatic carbocycles. The van der Waals surface area contributed by atoms with Crippen LogP contribution in [0.15, 0.2) is 9.59 Å². The van der Waals surface area contributed by atoms with Gasteiger partial charge in [-0.2, -0.15) is 11.8 Å². The summed E-state index contributed by atoms with van der Waals surface area (Å²) in [6, 6.07) is 0.237. The summed E-state index contributed by atoms with van der Waals surface area (Å²) in [6.45, 7) is 2.58. The molecule has 1 aromatic heterocycles. The molecule has 1 aromatic rings. The van der Waals surface area contributed by atoms with Crippen molar-refractivity contribution in [3.63, 3.8) is 0 Å². The third-order valence-corrected chi connectivity index (χ3v) is 5.23. The number of rotatable bonds is 6. The van der Waals surface area contributed by atoms with Crippen LogP contribution in [0.4, 0.5) is 11.5 Å². The van der Waals surface area contributed by atoms with Crippen molar-refractivity contribution in [2.75, 3.05) is 17.3 Å². The highest BCUT2D eigenvalue weighted by molar-refractivity contribution is 7.99. The second kappa shape index (κ2) is 7.06. The number of nitrogens with two attached hydrogens (primary N) is 1. The summed E-state index contributed by atoms with van der Waals surface area (Å²) in [5.41, 5.74) is 5.56. The molecule has 21 heavy (non-hydrogen) atoms. The zero-order valence-corrected chi connectivity index (χ0v) is 13.5. The van der Waals surface area contributed by atoms with Crippen molar-refractivity contribution in [2.24, 2.45) is 0 Å². The van der Waals surface area contributed by atoms with Crippen LogP contribution in [-0.4, -0.2) is 27.1 Å². The smallest absolute Gasteiger partial charge is 0.330 e. The molecular formula is C14H24N4O2S. The normalized spacial score (nSPS) is 21.6. The molecule has 0 saturated heterocycles. The van der Waals surface area contributed by atoms with Gasteiger partial charge in [0.05, 0.1) is 0 Å². The van der Waals surface area contributed by atoms with E-state index in [1.54, 1.807) is 0 Å². The lowest BCUT2D eigenvalue weighted by Crippen LogP contribution is -2.37. The molecule has 0 spiro atoms. The van der Waals surface area contributed by atoms with E-state index < -0.39 is 11.2 Å². The van der Waals surface area contributed by atoms with Crippen LogP contribution in [0.25, 0.3) is 0 Å². The van der Waals surface area contributed by atoms with Crippen LogP contribution < -0.4 is 22.3 Å². The van der Waals surface area contributed by atoms with Gasteiger partial charge in [-0.3, -0.25) is 14.3 Å². The van der Waals surface area contributed by atoms with Crippen LogP contribution in [0.3, 0.4) is 0 Å². The van der Waals surface area contributed by atoms with Gasteiger partial charge in [0.2, 0.25) is 0 Å². The van der Waals surface area contributed by atoms with E-state index in [9.17, 15) is 9.59 Å². The fourth-order valence-electron chi connectivity index (χ4n) is 2.82. The monoisotopic (exact) mass is 312 g/mol. The highest BCUT2D eigenvalue weighted by Gasteiger charge is 2.28. The molecule has 1 aliphatic rings. The van der Waals surface area contributed by atoms with E-state index in [-0.39, 0.29) is 11.9 Å². The van der Waals surface area contributed by atoms with E-state index in [0.29, 0.717) is 17.5 Å². The molecular weight excluding hydrogens is 288 g/mol. The van der Waals surface area contributed by atoms with Gasteiger partial charge in [-0.05, 0) is 25.5 Å². The number of H-pyrrole nitrogens is 1. The van der Waals surface area contributed by atoms with Crippen LogP contribution in [0, 0.1) is 0 Å². The van der Waals surface area contributed by atoms with E-state index in [1.165, 1.54) is 4.57 Å². The van der Waals surface area contributed by atoms with Crippen molar-refractivity contribution < 1.29 is 0 Å². The van der Waals surface area contributed by atoms with Gasteiger partial charge < -0.3 is 11.1 Å². The maximum atomic E-state index is 12.1. The predicted molar refractivity (Wildman–Crippen MR) is 89.2 cm³/mol. The van der Waals surface area contributed by atoms with Crippen molar-refractivity contribution in [3.8, 4) is 0 Å². The number of nitrogens with one attached hydrogen (secondary N) is 2. The molecule has 1 fully saturated rings.